The molecule has 0 aromatic heterocycles. The first-order chi connectivity index (χ1) is 20.1. The Morgan fingerprint density at radius 2 is 1.34 bits per heavy atom. The van der Waals surface area contributed by atoms with Gasteiger partial charge in [0.15, 0.2) is 0 Å². The summed E-state index contributed by atoms with van der Waals surface area (Å²) >= 11 is 0. The van der Waals surface area contributed by atoms with Crippen molar-refractivity contribution in [3.05, 3.63) is 57.6 Å². The maximum absolute atomic E-state index is 10.7. The number of carbonyl (C=O) groups is 2. The van der Waals surface area contributed by atoms with Gasteiger partial charge in [-0.15, -0.1) is 0 Å². The second-order valence-electron chi connectivity index (χ2n) is 12.2. The van der Waals surface area contributed by atoms with Gasteiger partial charge in [-0.25, -0.2) is 0 Å². The number of carboxylic acids is 2. The summed E-state index contributed by atoms with van der Waals surface area (Å²) in [6.07, 6.45) is 10.2. The van der Waals surface area contributed by atoms with Crippen molar-refractivity contribution in [2.45, 2.75) is 117 Å². The second-order valence-corrected chi connectivity index (χ2v) is 12.2. The van der Waals surface area contributed by atoms with E-state index in [1.165, 1.54) is 17.5 Å². The topological polar surface area (TPSA) is 145 Å². The van der Waals surface area contributed by atoms with Crippen LogP contribution in [0.25, 0.3) is 0 Å². The Hall–Kier alpha value is -3.17. The van der Waals surface area contributed by atoms with Crippen molar-refractivity contribution in [1.29, 1.82) is 0 Å². The SMILES string of the molecule is CC(=O)[O-].CC(=O)[O-].CCC(C)c1cc(C)c(O)c(C=NC2CC3CCC2(N=Cc2cc(C(C)CC)cc(C)c2O)C3)c1.[Co+2]. The standard InChI is InChI=1S/C31H42N2O2.2C2H4O2.Co/c1-7-19(3)24-11-21(5)29(34)26(14-24)17-32-28-13-23-9-10-31(28,16-23)33-18-27-15-25(20(4)8-2)12-22(6)30(27)35;2*1-2(3)4;/h11-12,14-15,17-20,23,28,34-35H,7-10,13,16H2,1-6H3;2*1H3,(H,3,4);/q;;;+2/p-2. The normalized spacial score (nSPS) is 21.5. The first-order valence-corrected chi connectivity index (χ1v) is 15.2. The summed E-state index contributed by atoms with van der Waals surface area (Å²) in [6, 6.07) is 8.47. The Morgan fingerprint density at radius 3 is 1.75 bits per heavy atom. The van der Waals surface area contributed by atoms with E-state index in [2.05, 4.69) is 52.0 Å². The summed E-state index contributed by atoms with van der Waals surface area (Å²) in [7, 11) is 0. The summed E-state index contributed by atoms with van der Waals surface area (Å²) in [5, 5.41) is 39.2. The van der Waals surface area contributed by atoms with Gasteiger partial charge in [0.2, 0.25) is 0 Å². The molecule has 2 aliphatic carbocycles. The number of aromatic hydroxyl groups is 2. The molecule has 0 spiro atoms. The van der Waals surface area contributed by atoms with E-state index < -0.39 is 11.9 Å². The molecule has 44 heavy (non-hydrogen) atoms. The van der Waals surface area contributed by atoms with Crippen molar-refractivity contribution < 1.29 is 46.8 Å². The molecular weight excluding hydrogens is 603 g/mol. The van der Waals surface area contributed by atoms with Gasteiger partial charge in [0, 0.05) is 35.5 Å². The molecule has 243 valence electrons. The van der Waals surface area contributed by atoms with Gasteiger partial charge in [0.05, 0.1) is 11.6 Å². The summed E-state index contributed by atoms with van der Waals surface area (Å²) in [6.45, 7) is 14.7. The van der Waals surface area contributed by atoms with Gasteiger partial charge < -0.3 is 30.0 Å². The number of nitrogens with zero attached hydrogens (tertiary/aromatic N) is 2. The number of carboxylic acid groups (broad SMARTS) is 2. The van der Waals surface area contributed by atoms with Gasteiger partial charge in [-0.1, -0.05) is 39.8 Å². The largest absolute Gasteiger partial charge is 2.00 e. The van der Waals surface area contributed by atoms with Crippen LogP contribution in [0.3, 0.4) is 0 Å². The molecule has 4 rings (SSSR count). The van der Waals surface area contributed by atoms with E-state index >= 15 is 0 Å². The van der Waals surface area contributed by atoms with Crippen molar-refractivity contribution in [2.75, 3.05) is 0 Å². The van der Waals surface area contributed by atoms with Crippen LogP contribution < -0.4 is 10.2 Å². The zero-order chi connectivity index (χ0) is 32.5. The number of benzene rings is 2. The number of aliphatic carboxylic acids is 2. The maximum atomic E-state index is 10.7. The second kappa shape index (κ2) is 17.3. The van der Waals surface area contributed by atoms with Gasteiger partial charge in [0.1, 0.15) is 11.5 Å². The number of aliphatic imine (C=N–C) groups is 2. The van der Waals surface area contributed by atoms with Crippen LogP contribution in [0, 0.1) is 19.8 Å². The Balaban J connectivity index is 0.000000962. The number of aryl methyl sites for hydroxylation is 2. The molecule has 2 saturated carbocycles. The number of phenolic OH excluding ortho intramolecular Hbond substituents is 2. The van der Waals surface area contributed by atoms with Crippen molar-refractivity contribution in [3.8, 4) is 11.5 Å². The number of carbonyl (C=O) groups excluding carboxylic acids is 2. The minimum absolute atomic E-state index is 0. The first-order valence-electron chi connectivity index (χ1n) is 15.2. The van der Waals surface area contributed by atoms with E-state index in [4.69, 9.17) is 29.8 Å². The minimum Gasteiger partial charge on any atom is -0.550 e. The number of hydrogen-bond acceptors (Lipinski definition) is 8. The summed E-state index contributed by atoms with van der Waals surface area (Å²) in [5.41, 5.74) is 5.69. The molecule has 5 atom stereocenters. The molecule has 5 unspecified atom stereocenters. The Morgan fingerprint density at radius 1 is 0.909 bits per heavy atom. The Labute approximate surface area is 272 Å². The molecular formula is C35H48CoN2O6. The molecule has 2 fully saturated rings. The van der Waals surface area contributed by atoms with Crippen LogP contribution in [0.5, 0.6) is 11.5 Å². The number of fused-ring (bicyclic) bond motifs is 2. The fraction of sp³-hybridized carbons (Fsp3) is 0.543. The monoisotopic (exact) mass is 651 g/mol. The average Bonchev–Trinajstić information content (AvgIpc) is 3.51. The molecule has 0 amide bonds. The minimum atomic E-state index is -1.08. The molecule has 0 saturated heterocycles. The van der Waals surface area contributed by atoms with E-state index in [9.17, 15) is 10.2 Å². The van der Waals surface area contributed by atoms with E-state index in [0.29, 0.717) is 29.3 Å². The molecule has 0 aliphatic heterocycles. The summed E-state index contributed by atoms with van der Waals surface area (Å²) in [5.74, 6) is 0.0255. The van der Waals surface area contributed by atoms with Gasteiger partial charge in [-0.3, -0.25) is 9.98 Å². The predicted octanol–water partition coefficient (Wildman–Crippen LogP) is 5.10. The molecule has 2 bridgehead atoms. The third kappa shape index (κ3) is 10.5. The Kier molecular flexibility index (Phi) is 15.3. The third-order valence-electron chi connectivity index (χ3n) is 8.73. The van der Waals surface area contributed by atoms with E-state index in [0.717, 1.165) is 68.2 Å². The van der Waals surface area contributed by atoms with Crippen LogP contribution in [0.4, 0.5) is 0 Å². The quantitative estimate of drug-likeness (QED) is 0.380. The van der Waals surface area contributed by atoms with Gasteiger partial charge in [-0.05, 0) is 118 Å². The number of rotatable bonds is 8. The van der Waals surface area contributed by atoms with E-state index in [1.54, 1.807) is 0 Å². The molecule has 9 heteroatoms. The van der Waals surface area contributed by atoms with Crippen LogP contribution in [0.2, 0.25) is 0 Å². The van der Waals surface area contributed by atoms with Crippen LogP contribution in [-0.2, 0) is 26.4 Å². The molecule has 2 aromatic rings. The summed E-state index contributed by atoms with van der Waals surface area (Å²) in [4.78, 5) is 27.9. The third-order valence-corrected chi connectivity index (χ3v) is 8.73. The maximum Gasteiger partial charge on any atom is 2.00 e. The van der Waals surface area contributed by atoms with E-state index in [-0.39, 0.29) is 28.4 Å². The van der Waals surface area contributed by atoms with Crippen LogP contribution >= 0.6 is 0 Å². The summed E-state index contributed by atoms with van der Waals surface area (Å²) < 4.78 is 0. The van der Waals surface area contributed by atoms with Crippen LogP contribution in [0.15, 0.2) is 34.3 Å². The smallest absolute Gasteiger partial charge is 0.550 e. The predicted molar refractivity (Wildman–Crippen MR) is 168 cm³/mol. The van der Waals surface area contributed by atoms with Crippen molar-refractivity contribution in [1.82, 2.24) is 0 Å². The zero-order valence-electron chi connectivity index (χ0n) is 27.3. The molecule has 0 heterocycles. The van der Waals surface area contributed by atoms with Crippen molar-refractivity contribution >= 4 is 24.4 Å². The first kappa shape index (κ1) is 38.9. The van der Waals surface area contributed by atoms with Gasteiger partial charge >= 0.3 is 16.8 Å². The molecule has 8 nitrogen and oxygen atoms in total. The van der Waals surface area contributed by atoms with Gasteiger partial charge in [0.25, 0.3) is 0 Å². The zero-order valence-corrected chi connectivity index (χ0v) is 28.3. The van der Waals surface area contributed by atoms with Crippen molar-refractivity contribution in [2.24, 2.45) is 15.9 Å². The van der Waals surface area contributed by atoms with Crippen molar-refractivity contribution in [3.63, 3.8) is 0 Å². The fourth-order valence-corrected chi connectivity index (χ4v) is 5.88. The number of phenols is 2. The molecule has 2 aromatic carbocycles. The van der Waals surface area contributed by atoms with E-state index in [1.807, 2.05) is 26.3 Å². The van der Waals surface area contributed by atoms with Crippen LogP contribution in [-0.4, -0.2) is 46.2 Å². The molecule has 1 radical (unpaired) electrons. The van der Waals surface area contributed by atoms with Gasteiger partial charge in [-0.2, -0.15) is 0 Å². The van der Waals surface area contributed by atoms with Crippen LogP contribution in [0.1, 0.15) is 125 Å². The Bertz CT molecular complexity index is 1320. The number of hydrogen-bond donors (Lipinski definition) is 2. The average molecular weight is 652 g/mol. The fourth-order valence-electron chi connectivity index (χ4n) is 5.88. The molecule has 2 aliphatic rings. The molecule has 2 N–H and O–H groups in total.